The first-order valence-corrected chi connectivity index (χ1v) is 7.57. The molecule has 98 valence electrons. The average molecular weight is 310 g/mol. The Bertz CT molecular complexity index is 379. The van der Waals surface area contributed by atoms with Crippen molar-refractivity contribution in [2.45, 2.75) is 12.5 Å². The van der Waals surface area contributed by atoms with E-state index in [9.17, 15) is 0 Å². The van der Waals surface area contributed by atoms with Crippen LogP contribution in [0.25, 0.3) is 0 Å². The molecule has 0 spiro atoms. The van der Waals surface area contributed by atoms with Gasteiger partial charge in [0.2, 0.25) is 0 Å². The molecule has 3 nitrogen and oxygen atoms in total. The zero-order valence-corrected chi connectivity index (χ0v) is 12.2. The van der Waals surface area contributed by atoms with E-state index in [2.05, 4.69) is 55.3 Å². The molecule has 2 heterocycles. The van der Waals surface area contributed by atoms with Crippen LogP contribution >= 0.6 is 15.9 Å². The Morgan fingerprint density at radius 1 is 1.06 bits per heavy atom. The molecule has 0 bridgehead atoms. The van der Waals surface area contributed by atoms with Crippen LogP contribution in [0.2, 0.25) is 0 Å². The van der Waals surface area contributed by atoms with Crippen LogP contribution < -0.4 is 10.2 Å². The lowest BCUT2D eigenvalue weighted by molar-refractivity contribution is 0.177. The Morgan fingerprint density at radius 3 is 2.61 bits per heavy atom. The van der Waals surface area contributed by atoms with Gasteiger partial charge >= 0.3 is 0 Å². The molecule has 3 rings (SSSR count). The summed E-state index contributed by atoms with van der Waals surface area (Å²) in [5, 5.41) is 3.47. The van der Waals surface area contributed by atoms with Crippen molar-refractivity contribution in [3.05, 3.63) is 28.7 Å². The van der Waals surface area contributed by atoms with Gasteiger partial charge in [0, 0.05) is 42.4 Å². The highest BCUT2D eigenvalue weighted by Gasteiger charge is 2.31. The van der Waals surface area contributed by atoms with Crippen molar-refractivity contribution in [3.8, 4) is 0 Å². The molecule has 0 unspecified atom stereocenters. The molecular weight excluding hydrogens is 290 g/mol. The SMILES string of the molecule is Brc1ccc(N2CC(N3CCCNCC3)C2)cc1. The summed E-state index contributed by atoms with van der Waals surface area (Å²) >= 11 is 3.48. The van der Waals surface area contributed by atoms with E-state index in [1.54, 1.807) is 0 Å². The summed E-state index contributed by atoms with van der Waals surface area (Å²) in [5.41, 5.74) is 1.35. The molecule has 18 heavy (non-hydrogen) atoms. The first-order valence-electron chi connectivity index (χ1n) is 6.78. The molecule has 4 heteroatoms. The van der Waals surface area contributed by atoms with Crippen molar-refractivity contribution in [2.24, 2.45) is 0 Å². The number of halogens is 1. The lowest BCUT2D eigenvalue weighted by Crippen LogP contribution is -2.60. The summed E-state index contributed by atoms with van der Waals surface area (Å²) in [5.74, 6) is 0. The van der Waals surface area contributed by atoms with E-state index in [1.165, 1.54) is 44.8 Å². The number of hydrogen-bond acceptors (Lipinski definition) is 3. The van der Waals surface area contributed by atoms with Crippen molar-refractivity contribution in [2.75, 3.05) is 44.2 Å². The molecule has 0 saturated carbocycles. The molecule has 2 saturated heterocycles. The Labute approximate surface area is 117 Å². The molecule has 1 aromatic carbocycles. The first-order chi connectivity index (χ1) is 8.83. The monoisotopic (exact) mass is 309 g/mol. The van der Waals surface area contributed by atoms with E-state index in [4.69, 9.17) is 0 Å². The fourth-order valence-electron chi connectivity index (χ4n) is 2.78. The van der Waals surface area contributed by atoms with Gasteiger partial charge in [0.1, 0.15) is 0 Å². The normalized spacial score (nSPS) is 22.6. The molecule has 2 fully saturated rings. The highest BCUT2D eigenvalue weighted by molar-refractivity contribution is 9.10. The molecule has 0 atom stereocenters. The summed E-state index contributed by atoms with van der Waals surface area (Å²) in [6, 6.07) is 9.40. The topological polar surface area (TPSA) is 18.5 Å². The van der Waals surface area contributed by atoms with Crippen LogP contribution in [0.3, 0.4) is 0 Å². The predicted octanol–water partition coefficient (Wildman–Crippen LogP) is 1.93. The number of benzene rings is 1. The number of nitrogens with one attached hydrogen (secondary N) is 1. The van der Waals surface area contributed by atoms with Crippen molar-refractivity contribution >= 4 is 21.6 Å². The van der Waals surface area contributed by atoms with Crippen LogP contribution in [0.15, 0.2) is 28.7 Å². The van der Waals surface area contributed by atoms with Gasteiger partial charge in [-0.1, -0.05) is 15.9 Å². The van der Waals surface area contributed by atoms with E-state index >= 15 is 0 Å². The molecular formula is C14H20BrN3. The van der Waals surface area contributed by atoms with Gasteiger partial charge < -0.3 is 10.2 Å². The van der Waals surface area contributed by atoms with E-state index in [1.807, 2.05) is 0 Å². The maximum Gasteiger partial charge on any atom is 0.0447 e. The van der Waals surface area contributed by atoms with Crippen molar-refractivity contribution in [1.82, 2.24) is 10.2 Å². The predicted molar refractivity (Wildman–Crippen MR) is 79.2 cm³/mol. The fourth-order valence-corrected chi connectivity index (χ4v) is 3.05. The minimum absolute atomic E-state index is 0.758. The van der Waals surface area contributed by atoms with Crippen LogP contribution in [0, 0.1) is 0 Å². The second-order valence-corrected chi connectivity index (χ2v) is 6.09. The summed E-state index contributed by atoms with van der Waals surface area (Å²) in [4.78, 5) is 5.12. The van der Waals surface area contributed by atoms with E-state index in [0.29, 0.717) is 0 Å². The molecule has 0 amide bonds. The molecule has 2 aliphatic rings. The van der Waals surface area contributed by atoms with E-state index in [0.717, 1.165) is 17.1 Å². The van der Waals surface area contributed by atoms with Gasteiger partial charge in [0.15, 0.2) is 0 Å². The number of rotatable bonds is 2. The summed E-state index contributed by atoms with van der Waals surface area (Å²) in [6.45, 7) is 7.16. The maximum atomic E-state index is 3.48. The Morgan fingerprint density at radius 2 is 1.83 bits per heavy atom. The number of hydrogen-bond donors (Lipinski definition) is 1. The number of nitrogens with zero attached hydrogens (tertiary/aromatic N) is 2. The third kappa shape index (κ3) is 2.71. The highest BCUT2D eigenvalue weighted by atomic mass is 79.9. The Kier molecular flexibility index (Phi) is 3.87. The minimum Gasteiger partial charge on any atom is -0.368 e. The standard InChI is InChI=1S/C14H20BrN3/c15-12-2-4-13(5-3-12)18-10-14(11-18)17-8-1-6-16-7-9-17/h2-5,14,16H,1,6-11H2. The molecule has 1 N–H and O–H groups in total. The zero-order chi connectivity index (χ0) is 12.4. The van der Waals surface area contributed by atoms with E-state index < -0.39 is 0 Å². The third-order valence-corrected chi connectivity index (χ3v) is 4.47. The maximum absolute atomic E-state index is 3.48. The lowest BCUT2D eigenvalue weighted by atomic mass is 10.1. The van der Waals surface area contributed by atoms with Crippen molar-refractivity contribution < 1.29 is 0 Å². The minimum atomic E-state index is 0.758. The summed E-state index contributed by atoms with van der Waals surface area (Å²) in [7, 11) is 0. The van der Waals surface area contributed by atoms with Gasteiger partial charge in [-0.15, -0.1) is 0 Å². The van der Waals surface area contributed by atoms with Crippen LogP contribution in [0.1, 0.15) is 6.42 Å². The molecule has 0 aromatic heterocycles. The smallest absolute Gasteiger partial charge is 0.0447 e. The molecule has 0 radical (unpaired) electrons. The van der Waals surface area contributed by atoms with Crippen LogP contribution in [0.4, 0.5) is 5.69 Å². The van der Waals surface area contributed by atoms with Crippen molar-refractivity contribution in [1.29, 1.82) is 0 Å². The summed E-state index contributed by atoms with van der Waals surface area (Å²) in [6.07, 6.45) is 1.29. The third-order valence-electron chi connectivity index (χ3n) is 3.95. The zero-order valence-electron chi connectivity index (χ0n) is 10.6. The van der Waals surface area contributed by atoms with E-state index in [-0.39, 0.29) is 0 Å². The lowest BCUT2D eigenvalue weighted by Gasteiger charge is -2.46. The van der Waals surface area contributed by atoms with Gasteiger partial charge in [-0.2, -0.15) is 0 Å². The Hall–Kier alpha value is -0.580. The van der Waals surface area contributed by atoms with Gasteiger partial charge in [-0.25, -0.2) is 0 Å². The molecule has 1 aromatic rings. The first kappa shape index (κ1) is 12.5. The van der Waals surface area contributed by atoms with Gasteiger partial charge in [0.05, 0.1) is 0 Å². The summed E-state index contributed by atoms with van der Waals surface area (Å²) < 4.78 is 1.15. The van der Waals surface area contributed by atoms with Crippen molar-refractivity contribution in [3.63, 3.8) is 0 Å². The molecule has 0 aliphatic carbocycles. The molecule has 2 aliphatic heterocycles. The van der Waals surface area contributed by atoms with Crippen LogP contribution in [-0.2, 0) is 0 Å². The van der Waals surface area contributed by atoms with Gasteiger partial charge in [-0.05, 0) is 43.8 Å². The van der Waals surface area contributed by atoms with Gasteiger partial charge in [0.25, 0.3) is 0 Å². The Balaban J connectivity index is 1.54. The average Bonchev–Trinajstić information content (AvgIpc) is 2.59. The second-order valence-electron chi connectivity index (χ2n) is 5.17. The fraction of sp³-hybridized carbons (Fsp3) is 0.571. The van der Waals surface area contributed by atoms with Crippen LogP contribution in [0.5, 0.6) is 0 Å². The van der Waals surface area contributed by atoms with Gasteiger partial charge in [-0.3, -0.25) is 4.90 Å². The number of anilines is 1. The highest BCUT2D eigenvalue weighted by Crippen LogP contribution is 2.25. The second kappa shape index (κ2) is 5.59. The quantitative estimate of drug-likeness (QED) is 0.900. The van der Waals surface area contributed by atoms with Crippen LogP contribution in [-0.4, -0.2) is 50.2 Å². The largest absolute Gasteiger partial charge is 0.368 e.